The Balaban J connectivity index is 1.30. The van der Waals surface area contributed by atoms with Gasteiger partial charge in [-0.3, -0.25) is 14.9 Å². The van der Waals surface area contributed by atoms with Crippen LogP contribution in [0.4, 0.5) is 28.4 Å². The number of azo groups is 2. The number of non-ortho nitro benzene ring substituents is 1. The molecule has 1 atom stereocenters. The van der Waals surface area contributed by atoms with Gasteiger partial charge in [0.15, 0.2) is 0 Å². The summed E-state index contributed by atoms with van der Waals surface area (Å²) in [6.45, 7) is 5.25. The minimum atomic E-state index is -0.473. The topological polar surface area (TPSA) is 149 Å². The third-order valence-corrected chi connectivity index (χ3v) is 9.53. The van der Waals surface area contributed by atoms with E-state index in [0.29, 0.717) is 53.8 Å². The SMILES string of the molecule is CCCCCCCCCCCCCCCCCCC(=O)OCCNC(C)c1ccc(N=Nc2cc(OC)c(N=Nc3ccc([N+](=O)[O-])cc3)cc2OC)cc1. The number of hydrogen-bond donors (Lipinski definition) is 1. The van der Waals surface area contributed by atoms with Gasteiger partial charge in [-0.1, -0.05) is 115 Å². The number of hydrogen-bond acceptors (Lipinski definition) is 11. The van der Waals surface area contributed by atoms with Gasteiger partial charge in [0, 0.05) is 43.3 Å². The van der Waals surface area contributed by atoms with E-state index in [2.05, 4.69) is 39.6 Å². The zero-order valence-electron chi connectivity index (χ0n) is 33.5. The van der Waals surface area contributed by atoms with Crippen molar-refractivity contribution in [3.05, 3.63) is 76.3 Å². The normalized spacial score (nSPS) is 12.0. The number of ether oxygens (including phenoxy) is 3. The molecule has 0 amide bonds. The predicted octanol–water partition coefficient (Wildman–Crippen LogP) is 13.3. The molecule has 12 nitrogen and oxygen atoms in total. The van der Waals surface area contributed by atoms with Crippen LogP contribution in [0.15, 0.2) is 81.1 Å². The zero-order chi connectivity index (χ0) is 39.5. The number of rotatable bonds is 29. The first-order valence-corrected chi connectivity index (χ1v) is 20.2. The fourth-order valence-corrected chi connectivity index (χ4v) is 6.16. The van der Waals surface area contributed by atoms with E-state index >= 15 is 0 Å². The first-order chi connectivity index (χ1) is 26.8. The van der Waals surface area contributed by atoms with Crippen molar-refractivity contribution in [2.24, 2.45) is 20.5 Å². The van der Waals surface area contributed by atoms with Gasteiger partial charge in [0.1, 0.15) is 29.5 Å². The summed E-state index contributed by atoms with van der Waals surface area (Å²) < 4.78 is 16.5. The number of carbonyl (C=O) groups excluding carboxylic acids is 1. The van der Waals surface area contributed by atoms with Crippen LogP contribution in [-0.4, -0.2) is 38.3 Å². The number of nitro groups is 1. The van der Waals surface area contributed by atoms with Crippen molar-refractivity contribution in [2.45, 2.75) is 129 Å². The first kappa shape index (κ1) is 44.7. The summed E-state index contributed by atoms with van der Waals surface area (Å²) in [5.41, 5.74) is 2.98. The summed E-state index contributed by atoms with van der Waals surface area (Å²) in [4.78, 5) is 22.6. The van der Waals surface area contributed by atoms with Gasteiger partial charge in [0.25, 0.3) is 5.69 Å². The first-order valence-electron chi connectivity index (χ1n) is 20.2. The molecule has 3 rings (SSSR count). The lowest BCUT2D eigenvalue weighted by Gasteiger charge is -2.14. The molecule has 300 valence electrons. The summed E-state index contributed by atoms with van der Waals surface area (Å²) >= 11 is 0. The fraction of sp³-hybridized carbons (Fsp3) is 0.558. The fourth-order valence-electron chi connectivity index (χ4n) is 6.16. The van der Waals surface area contributed by atoms with Crippen molar-refractivity contribution in [1.29, 1.82) is 0 Å². The Kier molecular flexibility index (Phi) is 21.9. The Labute approximate surface area is 327 Å². The molecule has 55 heavy (non-hydrogen) atoms. The number of nitrogens with zero attached hydrogens (tertiary/aromatic N) is 5. The van der Waals surface area contributed by atoms with Gasteiger partial charge in [0.2, 0.25) is 0 Å². The van der Waals surface area contributed by atoms with Crippen LogP contribution in [0.25, 0.3) is 0 Å². The second-order valence-corrected chi connectivity index (χ2v) is 13.9. The number of carbonyl (C=O) groups is 1. The maximum atomic E-state index is 12.2. The summed E-state index contributed by atoms with van der Waals surface area (Å²) in [6, 6.07) is 16.8. The van der Waals surface area contributed by atoms with E-state index in [0.717, 1.165) is 18.4 Å². The molecule has 1 unspecified atom stereocenters. The monoisotopic (exact) mass is 758 g/mol. The largest absolute Gasteiger partial charge is 0.494 e. The highest BCUT2D eigenvalue weighted by Gasteiger charge is 2.12. The third kappa shape index (κ3) is 18.0. The Morgan fingerprint density at radius 3 is 1.55 bits per heavy atom. The van der Waals surface area contributed by atoms with Gasteiger partial charge in [-0.15, -0.1) is 10.2 Å². The molecule has 12 heteroatoms. The van der Waals surface area contributed by atoms with Crippen molar-refractivity contribution in [1.82, 2.24) is 5.32 Å². The Morgan fingerprint density at radius 1 is 0.673 bits per heavy atom. The van der Waals surface area contributed by atoms with Crippen molar-refractivity contribution in [3.8, 4) is 11.5 Å². The van der Waals surface area contributed by atoms with Gasteiger partial charge in [0.05, 0.1) is 30.5 Å². The minimum Gasteiger partial charge on any atom is -0.494 e. The lowest BCUT2D eigenvalue weighted by molar-refractivity contribution is -0.384. The molecule has 0 aliphatic carbocycles. The Morgan fingerprint density at radius 2 is 1.11 bits per heavy atom. The standard InChI is InChI=1S/C43H62N6O6/c1-5-6-7-8-9-10-11-12-13-14-15-16-17-18-19-20-21-43(50)55-31-30-44-34(2)35-22-24-36(25-23-35)45-47-39-32-42(54-4)40(33-41(39)53-3)48-46-37-26-28-38(29-27-37)49(51)52/h22-29,32-34,44H,5-21,30-31H2,1-4H3. The summed E-state index contributed by atoms with van der Waals surface area (Å²) in [7, 11) is 3.03. The number of methoxy groups -OCH3 is 2. The predicted molar refractivity (Wildman–Crippen MR) is 219 cm³/mol. The summed E-state index contributed by atoms with van der Waals surface area (Å²) in [5, 5.41) is 31.5. The molecule has 0 radical (unpaired) electrons. The molecular weight excluding hydrogens is 697 g/mol. The van der Waals surface area contributed by atoms with Gasteiger partial charge in [-0.05, 0) is 43.2 Å². The number of nitrogens with one attached hydrogen (secondary N) is 1. The molecule has 0 fully saturated rings. The molecule has 3 aromatic carbocycles. The lowest BCUT2D eigenvalue weighted by atomic mass is 10.0. The minimum absolute atomic E-state index is 0.0288. The Hall–Kier alpha value is -4.71. The van der Waals surface area contributed by atoms with Crippen LogP contribution in [0.3, 0.4) is 0 Å². The molecule has 3 aromatic rings. The zero-order valence-corrected chi connectivity index (χ0v) is 33.5. The van der Waals surface area contributed by atoms with E-state index in [9.17, 15) is 14.9 Å². The average Bonchev–Trinajstić information content (AvgIpc) is 3.20. The molecule has 0 spiro atoms. The van der Waals surface area contributed by atoms with Crippen LogP contribution in [-0.2, 0) is 9.53 Å². The molecule has 1 N–H and O–H groups in total. The van der Waals surface area contributed by atoms with Crippen molar-refractivity contribution >= 4 is 34.4 Å². The molecule has 0 heterocycles. The van der Waals surface area contributed by atoms with E-state index in [1.54, 1.807) is 12.1 Å². The van der Waals surface area contributed by atoms with Gasteiger partial charge < -0.3 is 19.5 Å². The molecule has 0 bridgehead atoms. The number of benzene rings is 3. The molecule has 0 aliphatic rings. The highest BCUT2D eigenvalue weighted by atomic mass is 16.6. The van der Waals surface area contributed by atoms with E-state index in [-0.39, 0.29) is 17.7 Å². The molecule has 0 saturated carbocycles. The molecule has 0 saturated heterocycles. The van der Waals surface area contributed by atoms with Crippen molar-refractivity contribution < 1.29 is 23.9 Å². The smallest absolute Gasteiger partial charge is 0.305 e. The van der Waals surface area contributed by atoms with Crippen LogP contribution >= 0.6 is 0 Å². The number of nitro benzene ring substituents is 1. The van der Waals surface area contributed by atoms with Crippen molar-refractivity contribution in [2.75, 3.05) is 27.4 Å². The van der Waals surface area contributed by atoms with Crippen LogP contribution in [0, 0.1) is 10.1 Å². The second-order valence-electron chi connectivity index (χ2n) is 13.9. The van der Waals surface area contributed by atoms with Crippen LogP contribution in [0.5, 0.6) is 11.5 Å². The molecule has 0 aliphatic heterocycles. The highest BCUT2D eigenvalue weighted by Crippen LogP contribution is 2.41. The summed E-state index contributed by atoms with van der Waals surface area (Å²) in [6.07, 6.45) is 21.5. The van der Waals surface area contributed by atoms with E-state index < -0.39 is 4.92 Å². The third-order valence-electron chi connectivity index (χ3n) is 9.53. The van der Waals surface area contributed by atoms with Gasteiger partial charge in [-0.25, -0.2) is 0 Å². The number of esters is 1. The quantitative estimate of drug-likeness (QED) is 0.0243. The van der Waals surface area contributed by atoms with E-state index in [1.807, 2.05) is 24.3 Å². The maximum Gasteiger partial charge on any atom is 0.305 e. The lowest BCUT2D eigenvalue weighted by Crippen LogP contribution is -2.24. The van der Waals surface area contributed by atoms with Crippen molar-refractivity contribution in [3.63, 3.8) is 0 Å². The Bertz CT molecular complexity index is 1600. The van der Waals surface area contributed by atoms with E-state index in [4.69, 9.17) is 14.2 Å². The van der Waals surface area contributed by atoms with Crippen LogP contribution in [0.2, 0.25) is 0 Å². The maximum absolute atomic E-state index is 12.2. The van der Waals surface area contributed by atoms with Crippen LogP contribution in [0.1, 0.15) is 135 Å². The molecular formula is C43H62N6O6. The van der Waals surface area contributed by atoms with Gasteiger partial charge >= 0.3 is 5.97 Å². The average molecular weight is 759 g/mol. The van der Waals surface area contributed by atoms with Crippen LogP contribution < -0.4 is 14.8 Å². The van der Waals surface area contributed by atoms with E-state index in [1.165, 1.54) is 128 Å². The number of unbranched alkanes of at least 4 members (excludes halogenated alkanes) is 15. The molecule has 0 aromatic heterocycles. The van der Waals surface area contributed by atoms with Gasteiger partial charge in [-0.2, -0.15) is 10.2 Å². The highest BCUT2D eigenvalue weighted by molar-refractivity contribution is 5.69. The summed E-state index contributed by atoms with van der Waals surface area (Å²) in [5.74, 6) is 0.703. The second kappa shape index (κ2) is 27.0.